The highest BCUT2D eigenvalue weighted by Gasteiger charge is 2.19. The minimum atomic E-state index is -0.0154. The Labute approximate surface area is 122 Å². The van der Waals surface area contributed by atoms with E-state index in [0.29, 0.717) is 29.5 Å². The van der Waals surface area contributed by atoms with Crippen LogP contribution in [-0.4, -0.2) is 55.4 Å². The summed E-state index contributed by atoms with van der Waals surface area (Å²) < 4.78 is 11.3. The second-order valence-corrected chi connectivity index (χ2v) is 5.13. The predicted molar refractivity (Wildman–Crippen MR) is 76.7 cm³/mol. The van der Waals surface area contributed by atoms with Gasteiger partial charge in [-0.05, 0) is 25.2 Å². The largest absolute Gasteiger partial charge is 0.490 e. The fourth-order valence-corrected chi connectivity index (χ4v) is 2.19. The molecule has 6 nitrogen and oxygen atoms in total. The summed E-state index contributed by atoms with van der Waals surface area (Å²) in [6.45, 7) is 2.80. The Hall–Kier alpha value is -1.50. The molecule has 0 saturated carbocycles. The number of hydrogen-bond acceptors (Lipinski definition) is 5. The molecular weight excluding hydrogens is 282 g/mol. The van der Waals surface area contributed by atoms with E-state index in [1.54, 1.807) is 18.2 Å². The van der Waals surface area contributed by atoms with Crippen LogP contribution in [0, 0.1) is 0 Å². The highest BCUT2D eigenvalue weighted by atomic mass is 35.5. The number of rotatable bonds is 4. The lowest BCUT2D eigenvalue weighted by molar-refractivity contribution is -0.0403. The topological polar surface area (TPSA) is 80.3 Å². The highest BCUT2D eigenvalue weighted by molar-refractivity contribution is 6.30. The van der Waals surface area contributed by atoms with Gasteiger partial charge in [0.25, 0.3) is 0 Å². The number of halogens is 1. The number of morpholine rings is 1. The minimum absolute atomic E-state index is 0.00660. The smallest absolute Gasteiger partial charge is 0.173 e. The van der Waals surface area contributed by atoms with E-state index in [1.807, 2.05) is 7.05 Å². The molecule has 20 heavy (non-hydrogen) atoms. The summed E-state index contributed by atoms with van der Waals surface area (Å²) in [6, 6.07) is 4.95. The summed E-state index contributed by atoms with van der Waals surface area (Å²) in [5, 5.41) is 12.3. The van der Waals surface area contributed by atoms with Gasteiger partial charge in [-0.2, -0.15) is 0 Å². The average Bonchev–Trinajstić information content (AvgIpc) is 2.44. The monoisotopic (exact) mass is 299 g/mol. The highest BCUT2D eigenvalue weighted by Crippen LogP contribution is 2.24. The van der Waals surface area contributed by atoms with Gasteiger partial charge in [-0.3, -0.25) is 0 Å². The molecule has 1 heterocycles. The van der Waals surface area contributed by atoms with Gasteiger partial charge in [-0.15, -0.1) is 0 Å². The van der Waals surface area contributed by atoms with Crippen molar-refractivity contribution in [1.82, 2.24) is 4.90 Å². The minimum Gasteiger partial charge on any atom is -0.490 e. The van der Waals surface area contributed by atoms with Gasteiger partial charge in [0.05, 0.1) is 12.2 Å². The van der Waals surface area contributed by atoms with Crippen LogP contribution in [0.3, 0.4) is 0 Å². The maximum absolute atomic E-state index is 8.78. The predicted octanol–water partition coefficient (Wildman–Crippen LogP) is 1.14. The Balaban J connectivity index is 2.06. The zero-order valence-electron chi connectivity index (χ0n) is 11.3. The van der Waals surface area contributed by atoms with Crippen LogP contribution in [0.15, 0.2) is 23.4 Å². The summed E-state index contributed by atoms with van der Waals surface area (Å²) in [5.74, 6) is 0.461. The summed E-state index contributed by atoms with van der Waals surface area (Å²) in [4.78, 5) is 2.18. The van der Waals surface area contributed by atoms with Crippen LogP contribution in [0.5, 0.6) is 5.75 Å². The van der Waals surface area contributed by atoms with Crippen molar-refractivity contribution in [2.75, 3.05) is 33.4 Å². The summed E-state index contributed by atoms with van der Waals surface area (Å²) in [7, 11) is 2.04. The molecule has 1 fully saturated rings. The molecule has 0 bridgehead atoms. The summed E-state index contributed by atoms with van der Waals surface area (Å²) in [6.07, 6.45) is -0.00660. The van der Waals surface area contributed by atoms with E-state index >= 15 is 0 Å². The van der Waals surface area contributed by atoms with Gasteiger partial charge in [0.15, 0.2) is 5.84 Å². The van der Waals surface area contributed by atoms with Crippen molar-refractivity contribution in [2.45, 2.75) is 6.10 Å². The number of ether oxygens (including phenoxy) is 2. The molecule has 0 amide bonds. The van der Waals surface area contributed by atoms with Crippen LogP contribution in [0.2, 0.25) is 5.02 Å². The van der Waals surface area contributed by atoms with E-state index < -0.39 is 0 Å². The number of benzene rings is 1. The zero-order chi connectivity index (χ0) is 14.5. The average molecular weight is 300 g/mol. The fourth-order valence-electron chi connectivity index (χ4n) is 2.03. The first-order valence-electron chi connectivity index (χ1n) is 6.30. The SMILES string of the molecule is CN1CCOC(COc2cc(Cl)ccc2/C(N)=N/O)C1. The normalized spacial score (nSPS) is 20.9. The molecule has 1 atom stereocenters. The maximum Gasteiger partial charge on any atom is 0.173 e. The number of oxime groups is 1. The van der Waals surface area contributed by atoms with Gasteiger partial charge < -0.3 is 25.3 Å². The van der Waals surface area contributed by atoms with Gasteiger partial charge in [-0.1, -0.05) is 16.8 Å². The molecule has 1 unspecified atom stereocenters. The van der Waals surface area contributed by atoms with E-state index in [4.69, 9.17) is 32.0 Å². The lowest BCUT2D eigenvalue weighted by Gasteiger charge is -2.30. The van der Waals surface area contributed by atoms with Crippen molar-refractivity contribution >= 4 is 17.4 Å². The molecular formula is C13H18ClN3O3. The quantitative estimate of drug-likeness (QED) is 0.377. The van der Waals surface area contributed by atoms with Crippen LogP contribution in [0.4, 0.5) is 0 Å². The molecule has 2 rings (SSSR count). The van der Waals surface area contributed by atoms with Crippen molar-refractivity contribution in [1.29, 1.82) is 0 Å². The number of hydrogen-bond donors (Lipinski definition) is 2. The molecule has 7 heteroatoms. The van der Waals surface area contributed by atoms with E-state index in [9.17, 15) is 0 Å². The molecule has 110 valence electrons. The molecule has 0 aliphatic carbocycles. The van der Waals surface area contributed by atoms with Crippen molar-refractivity contribution in [3.8, 4) is 5.75 Å². The molecule has 0 aromatic heterocycles. The molecule has 0 radical (unpaired) electrons. The number of nitrogens with two attached hydrogens (primary N) is 1. The summed E-state index contributed by atoms with van der Waals surface area (Å²) >= 11 is 5.95. The number of amidine groups is 1. The standard InChI is InChI=1S/C13H18ClN3O3/c1-17-4-5-19-10(7-17)8-20-12-6-9(14)2-3-11(12)13(15)16-18/h2-3,6,10,18H,4-5,7-8H2,1H3,(H2,15,16). The van der Waals surface area contributed by atoms with Crippen LogP contribution in [0.1, 0.15) is 5.56 Å². The Morgan fingerprint density at radius 1 is 1.65 bits per heavy atom. The lowest BCUT2D eigenvalue weighted by Crippen LogP contribution is -2.42. The second-order valence-electron chi connectivity index (χ2n) is 4.69. The van der Waals surface area contributed by atoms with Gasteiger partial charge in [0.1, 0.15) is 18.5 Å². The van der Waals surface area contributed by atoms with Crippen molar-refractivity contribution in [3.05, 3.63) is 28.8 Å². The third-order valence-corrected chi connectivity index (χ3v) is 3.33. The maximum atomic E-state index is 8.78. The Morgan fingerprint density at radius 3 is 3.15 bits per heavy atom. The Kier molecular flexibility index (Phi) is 5.05. The molecule has 1 aromatic rings. The van der Waals surface area contributed by atoms with Crippen LogP contribution < -0.4 is 10.5 Å². The number of nitrogens with zero attached hydrogens (tertiary/aromatic N) is 2. The van der Waals surface area contributed by atoms with Crippen LogP contribution >= 0.6 is 11.6 Å². The van der Waals surface area contributed by atoms with E-state index in [-0.39, 0.29) is 11.9 Å². The Bertz CT molecular complexity index is 496. The van der Waals surface area contributed by atoms with Crippen LogP contribution in [0.25, 0.3) is 0 Å². The molecule has 1 aromatic carbocycles. The summed E-state index contributed by atoms with van der Waals surface area (Å²) in [5.41, 5.74) is 6.11. The molecule has 3 N–H and O–H groups in total. The lowest BCUT2D eigenvalue weighted by atomic mass is 10.2. The molecule has 1 saturated heterocycles. The van der Waals surface area contributed by atoms with Crippen molar-refractivity contribution < 1.29 is 14.7 Å². The van der Waals surface area contributed by atoms with Crippen LogP contribution in [-0.2, 0) is 4.74 Å². The van der Waals surface area contributed by atoms with Gasteiger partial charge >= 0.3 is 0 Å². The first kappa shape index (κ1) is 14.9. The fraction of sp³-hybridized carbons (Fsp3) is 0.462. The Morgan fingerprint density at radius 2 is 2.45 bits per heavy atom. The molecule has 1 aliphatic heterocycles. The van der Waals surface area contributed by atoms with Gasteiger partial charge in [-0.25, -0.2) is 0 Å². The van der Waals surface area contributed by atoms with Crippen molar-refractivity contribution in [2.24, 2.45) is 10.9 Å². The zero-order valence-corrected chi connectivity index (χ0v) is 12.0. The van der Waals surface area contributed by atoms with Gasteiger partial charge in [0.2, 0.25) is 0 Å². The van der Waals surface area contributed by atoms with Gasteiger partial charge in [0, 0.05) is 18.1 Å². The van der Waals surface area contributed by atoms with E-state index in [0.717, 1.165) is 13.1 Å². The third-order valence-electron chi connectivity index (χ3n) is 3.09. The van der Waals surface area contributed by atoms with Crippen molar-refractivity contribution in [3.63, 3.8) is 0 Å². The number of likely N-dealkylation sites (N-methyl/N-ethyl adjacent to an activating group) is 1. The third kappa shape index (κ3) is 3.75. The first-order chi connectivity index (χ1) is 9.60. The first-order valence-corrected chi connectivity index (χ1v) is 6.68. The van der Waals surface area contributed by atoms with E-state index in [2.05, 4.69) is 10.1 Å². The van der Waals surface area contributed by atoms with E-state index in [1.165, 1.54) is 0 Å². The molecule has 0 spiro atoms. The second kappa shape index (κ2) is 6.78. The molecule has 1 aliphatic rings.